The lowest BCUT2D eigenvalue weighted by Crippen LogP contribution is -2.37. The maximum absolute atomic E-state index is 6.07. The molecule has 0 amide bonds. The van der Waals surface area contributed by atoms with Crippen LogP contribution in [0.1, 0.15) is 45.5 Å². The maximum Gasteiger partial charge on any atom is 0.191 e. The van der Waals surface area contributed by atoms with Crippen molar-refractivity contribution in [3.8, 4) is 5.75 Å². The van der Waals surface area contributed by atoms with Crippen molar-refractivity contribution in [1.29, 1.82) is 0 Å². The predicted molar refractivity (Wildman–Crippen MR) is 121 cm³/mol. The number of rotatable bonds is 8. The summed E-state index contributed by atoms with van der Waals surface area (Å²) in [6, 6.07) is 14.0. The number of aliphatic imine (C=N–C) groups is 1. The van der Waals surface area contributed by atoms with Gasteiger partial charge in [0.25, 0.3) is 0 Å². The highest BCUT2D eigenvalue weighted by molar-refractivity contribution is 5.79. The Kier molecular flexibility index (Phi) is 7.27. The first-order valence-electron chi connectivity index (χ1n) is 10.5. The molecule has 1 aromatic carbocycles. The van der Waals surface area contributed by atoms with Crippen LogP contribution in [-0.4, -0.2) is 39.2 Å². The molecule has 0 aliphatic rings. The Morgan fingerprint density at radius 1 is 1.07 bits per heavy atom. The fourth-order valence-electron chi connectivity index (χ4n) is 3.08. The maximum atomic E-state index is 6.07. The van der Waals surface area contributed by atoms with Gasteiger partial charge in [0, 0.05) is 31.3 Å². The van der Waals surface area contributed by atoms with Crippen LogP contribution in [-0.2, 0) is 13.0 Å². The molecule has 0 atom stereocenters. The number of fused-ring (bicyclic) bond motifs is 1. The summed E-state index contributed by atoms with van der Waals surface area (Å²) in [6.45, 7) is 10.4. The number of benzene rings is 1. The Bertz CT molecular complexity index is 973. The predicted octanol–water partition coefficient (Wildman–Crippen LogP) is 3.59. The summed E-state index contributed by atoms with van der Waals surface area (Å²) in [4.78, 5) is 4.74. The number of hydrogen-bond acceptors (Lipinski definition) is 4. The molecule has 2 N–H and O–H groups in total. The molecular formula is C23H32N6O. The van der Waals surface area contributed by atoms with Gasteiger partial charge in [0.1, 0.15) is 17.2 Å². The van der Waals surface area contributed by atoms with Crippen molar-refractivity contribution >= 4 is 11.6 Å². The first kappa shape index (κ1) is 21.6. The Morgan fingerprint density at radius 2 is 1.87 bits per heavy atom. The van der Waals surface area contributed by atoms with Crippen molar-refractivity contribution < 1.29 is 4.74 Å². The van der Waals surface area contributed by atoms with E-state index in [-0.39, 0.29) is 5.60 Å². The zero-order valence-corrected chi connectivity index (χ0v) is 18.4. The van der Waals surface area contributed by atoms with Crippen LogP contribution in [0.4, 0.5) is 0 Å². The van der Waals surface area contributed by atoms with E-state index in [0.29, 0.717) is 6.54 Å². The zero-order chi connectivity index (χ0) is 21.4. The Morgan fingerprint density at radius 3 is 2.67 bits per heavy atom. The summed E-state index contributed by atoms with van der Waals surface area (Å²) >= 11 is 0. The molecule has 30 heavy (non-hydrogen) atoms. The van der Waals surface area contributed by atoms with E-state index in [2.05, 4.69) is 54.6 Å². The van der Waals surface area contributed by atoms with Crippen LogP contribution in [0.5, 0.6) is 5.75 Å². The van der Waals surface area contributed by atoms with Crippen molar-refractivity contribution in [2.45, 2.75) is 52.7 Å². The van der Waals surface area contributed by atoms with Crippen molar-refractivity contribution in [2.24, 2.45) is 4.99 Å². The molecule has 0 radical (unpaired) electrons. The largest absolute Gasteiger partial charge is 0.488 e. The minimum Gasteiger partial charge on any atom is -0.488 e. The average molecular weight is 409 g/mol. The number of para-hydroxylation sites is 1. The van der Waals surface area contributed by atoms with Crippen LogP contribution < -0.4 is 15.4 Å². The van der Waals surface area contributed by atoms with Gasteiger partial charge < -0.3 is 15.4 Å². The molecule has 2 heterocycles. The van der Waals surface area contributed by atoms with E-state index in [1.54, 1.807) is 0 Å². The summed E-state index contributed by atoms with van der Waals surface area (Å²) in [5, 5.41) is 15.2. The Hall–Kier alpha value is -3.09. The number of aryl methyl sites for hydroxylation is 1. The van der Waals surface area contributed by atoms with E-state index in [1.165, 1.54) is 0 Å². The molecule has 0 aliphatic carbocycles. The molecule has 0 aliphatic heterocycles. The minimum atomic E-state index is -0.242. The molecule has 3 aromatic rings. The first-order chi connectivity index (χ1) is 14.5. The van der Waals surface area contributed by atoms with Gasteiger partial charge in [-0.15, -0.1) is 10.2 Å². The third-order valence-electron chi connectivity index (χ3n) is 4.39. The number of nitrogens with zero attached hydrogens (tertiary/aromatic N) is 4. The second-order valence-corrected chi connectivity index (χ2v) is 8.09. The van der Waals surface area contributed by atoms with Crippen molar-refractivity contribution in [1.82, 2.24) is 25.2 Å². The number of guanidine groups is 1. The van der Waals surface area contributed by atoms with Gasteiger partial charge in [-0.2, -0.15) is 0 Å². The van der Waals surface area contributed by atoms with Crippen LogP contribution in [0.25, 0.3) is 5.65 Å². The molecule has 7 nitrogen and oxygen atoms in total. The summed E-state index contributed by atoms with van der Waals surface area (Å²) in [6.07, 6.45) is 3.78. The van der Waals surface area contributed by atoms with Gasteiger partial charge >= 0.3 is 0 Å². The molecule has 7 heteroatoms. The third kappa shape index (κ3) is 6.20. The minimum absolute atomic E-state index is 0.242. The topological polar surface area (TPSA) is 75.8 Å². The van der Waals surface area contributed by atoms with Gasteiger partial charge in [0.2, 0.25) is 0 Å². The highest BCUT2D eigenvalue weighted by atomic mass is 16.5. The SMILES string of the molecule is CCNC(=NCc1ccccc1OC(C)(C)C)NCCCc1nnc2ccccn12. The number of ether oxygens (including phenoxy) is 1. The molecule has 0 bridgehead atoms. The third-order valence-corrected chi connectivity index (χ3v) is 4.39. The van der Waals surface area contributed by atoms with E-state index >= 15 is 0 Å². The molecule has 160 valence electrons. The molecule has 0 saturated carbocycles. The first-order valence-corrected chi connectivity index (χ1v) is 10.5. The smallest absolute Gasteiger partial charge is 0.191 e. The zero-order valence-electron chi connectivity index (χ0n) is 18.4. The number of pyridine rings is 1. The normalized spacial score (nSPS) is 12.2. The lowest BCUT2D eigenvalue weighted by molar-refractivity contribution is 0.129. The van der Waals surface area contributed by atoms with E-state index in [0.717, 1.165) is 54.7 Å². The van der Waals surface area contributed by atoms with Gasteiger partial charge in [-0.3, -0.25) is 4.40 Å². The van der Waals surface area contributed by atoms with Gasteiger partial charge in [-0.25, -0.2) is 4.99 Å². The van der Waals surface area contributed by atoms with Crippen LogP contribution in [0.2, 0.25) is 0 Å². The van der Waals surface area contributed by atoms with Crippen molar-refractivity contribution in [3.05, 3.63) is 60.0 Å². The van der Waals surface area contributed by atoms with Crippen LogP contribution in [0.15, 0.2) is 53.7 Å². The molecular weight excluding hydrogens is 376 g/mol. The van der Waals surface area contributed by atoms with Crippen molar-refractivity contribution in [2.75, 3.05) is 13.1 Å². The number of nitrogens with one attached hydrogen (secondary N) is 2. The lowest BCUT2D eigenvalue weighted by atomic mass is 10.1. The average Bonchev–Trinajstić information content (AvgIpc) is 3.12. The van der Waals surface area contributed by atoms with Gasteiger partial charge in [0.15, 0.2) is 11.6 Å². The fourth-order valence-corrected chi connectivity index (χ4v) is 3.08. The molecule has 3 rings (SSSR count). The molecule has 0 saturated heterocycles. The highest BCUT2D eigenvalue weighted by Crippen LogP contribution is 2.23. The second-order valence-electron chi connectivity index (χ2n) is 8.09. The molecule has 0 unspecified atom stereocenters. The monoisotopic (exact) mass is 408 g/mol. The van der Waals surface area contributed by atoms with E-state index in [9.17, 15) is 0 Å². The second kappa shape index (κ2) is 10.1. The van der Waals surface area contributed by atoms with E-state index < -0.39 is 0 Å². The Labute approximate surface area is 178 Å². The summed E-state index contributed by atoms with van der Waals surface area (Å²) in [5.41, 5.74) is 1.71. The summed E-state index contributed by atoms with van der Waals surface area (Å²) in [5.74, 6) is 2.65. The van der Waals surface area contributed by atoms with Crippen LogP contribution >= 0.6 is 0 Å². The van der Waals surface area contributed by atoms with Gasteiger partial charge in [0.05, 0.1) is 6.54 Å². The van der Waals surface area contributed by atoms with Crippen LogP contribution in [0.3, 0.4) is 0 Å². The van der Waals surface area contributed by atoms with E-state index in [1.807, 2.05) is 47.0 Å². The standard InChI is InChI=1S/C23H32N6O/c1-5-24-22(26-17-18-11-6-7-12-19(18)30-23(2,3)4)25-15-10-14-21-28-27-20-13-8-9-16-29(20)21/h6-9,11-13,16H,5,10,14-15,17H2,1-4H3,(H2,24,25,26). The summed E-state index contributed by atoms with van der Waals surface area (Å²) in [7, 11) is 0. The van der Waals surface area contributed by atoms with Gasteiger partial charge in [-0.1, -0.05) is 24.3 Å². The highest BCUT2D eigenvalue weighted by Gasteiger charge is 2.14. The quantitative estimate of drug-likeness (QED) is 0.338. The summed E-state index contributed by atoms with van der Waals surface area (Å²) < 4.78 is 8.11. The molecule has 2 aromatic heterocycles. The van der Waals surface area contributed by atoms with Crippen LogP contribution in [0, 0.1) is 0 Å². The number of aromatic nitrogens is 3. The molecule has 0 spiro atoms. The lowest BCUT2D eigenvalue weighted by Gasteiger charge is -2.23. The van der Waals surface area contributed by atoms with Crippen molar-refractivity contribution in [3.63, 3.8) is 0 Å². The Balaban J connectivity index is 1.56. The molecule has 0 fully saturated rings. The number of hydrogen-bond donors (Lipinski definition) is 2. The fraction of sp³-hybridized carbons (Fsp3) is 0.435. The van der Waals surface area contributed by atoms with Gasteiger partial charge in [-0.05, 0) is 52.3 Å². The van der Waals surface area contributed by atoms with E-state index in [4.69, 9.17) is 9.73 Å².